The van der Waals surface area contributed by atoms with E-state index in [1.54, 1.807) is 12.5 Å². The summed E-state index contributed by atoms with van der Waals surface area (Å²) in [6.45, 7) is 6.85. The molecule has 0 aliphatic carbocycles. The maximum absolute atomic E-state index is 11.5. The summed E-state index contributed by atoms with van der Waals surface area (Å²) in [7, 11) is 0. The van der Waals surface area contributed by atoms with Crippen LogP contribution in [0, 0.1) is 13.8 Å². The van der Waals surface area contributed by atoms with Crippen molar-refractivity contribution in [2.24, 2.45) is 0 Å². The molecule has 0 radical (unpaired) electrons. The first-order chi connectivity index (χ1) is 17.0. The number of urea groups is 1. The van der Waals surface area contributed by atoms with Crippen LogP contribution in [0.4, 0.5) is 16.3 Å². The van der Waals surface area contributed by atoms with Gasteiger partial charge < -0.3 is 20.7 Å². The molecule has 2 aromatic carbocycles. The standard InChI is InChI=1S/C27H28N6O2/c1-4-28-27(34)29-13-5-6-20-8-11-24-23(15-20)26(32-17-31-24)33-21-9-12-25(18(2)14-21)35-22-10-7-19(3)30-16-22/h5-12,14-17H,4,13H2,1-3H3,(H2,28,29,34)(H,31,32,33)/b6-5+. The van der Waals surface area contributed by atoms with Gasteiger partial charge in [0.15, 0.2) is 0 Å². The summed E-state index contributed by atoms with van der Waals surface area (Å²) in [6.07, 6.45) is 7.12. The SMILES string of the molecule is CCNC(=O)NC/C=C/c1ccc2ncnc(Nc3ccc(Oc4ccc(C)nc4)c(C)c3)c2c1. The van der Waals surface area contributed by atoms with Crippen molar-refractivity contribution < 1.29 is 9.53 Å². The molecule has 8 nitrogen and oxygen atoms in total. The molecule has 0 fully saturated rings. The van der Waals surface area contributed by atoms with E-state index in [9.17, 15) is 4.79 Å². The van der Waals surface area contributed by atoms with E-state index in [-0.39, 0.29) is 6.03 Å². The summed E-state index contributed by atoms with van der Waals surface area (Å²) < 4.78 is 5.98. The second kappa shape index (κ2) is 11.1. The molecular formula is C27H28N6O2. The van der Waals surface area contributed by atoms with Gasteiger partial charge in [-0.05, 0) is 74.4 Å². The Morgan fingerprint density at radius 1 is 1.00 bits per heavy atom. The van der Waals surface area contributed by atoms with E-state index >= 15 is 0 Å². The fourth-order valence-corrected chi connectivity index (χ4v) is 3.47. The lowest BCUT2D eigenvalue weighted by molar-refractivity contribution is 0.242. The molecule has 0 aliphatic rings. The number of nitrogens with one attached hydrogen (secondary N) is 3. The Kier molecular flexibility index (Phi) is 7.52. The number of nitrogens with zero attached hydrogens (tertiary/aromatic N) is 3. The van der Waals surface area contributed by atoms with Crippen LogP contribution in [0.2, 0.25) is 0 Å². The predicted molar refractivity (Wildman–Crippen MR) is 139 cm³/mol. The minimum absolute atomic E-state index is 0.183. The number of benzene rings is 2. The van der Waals surface area contributed by atoms with Crippen molar-refractivity contribution in [2.75, 3.05) is 18.4 Å². The van der Waals surface area contributed by atoms with Gasteiger partial charge >= 0.3 is 6.03 Å². The number of anilines is 2. The zero-order valence-corrected chi connectivity index (χ0v) is 20.0. The smallest absolute Gasteiger partial charge is 0.315 e. The first kappa shape index (κ1) is 23.7. The molecule has 0 saturated carbocycles. The molecule has 0 atom stereocenters. The Hall–Kier alpha value is -4.46. The van der Waals surface area contributed by atoms with E-state index in [0.29, 0.717) is 24.7 Å². The van der Waals surface area contributed by atoms with E-state index in [1.165, 1.54) is 0 Å². The van der Waals surface area contributed by atoms with Crippen molar-refractivity contribution in [1.82, 2.24) is 25.6 Å². The lowest BCUT2D eigenvalue weighted by Gasteiger charge is -2.12. The first-order valence-electron chi connectivity index (χ1n) is 11.4. The topological polar surface area (TPSA) is 101 Å². The molecule has 178 valence electrons. The molecule has 35 heavy (non-hydrogen) atoms. The molecule has 0 unspecified atom stereocenters. The number of carbonyl (C=O) groups is 1. The van der Waals surface area contributed by atoms with Crippen LogP contribution >= 0.6 is 0 Å². The number of aryl methyl sites for hydroxylation is 2. The van der Waals surface area contributed by atoms with Gasteiger partial charge in [-0.2, -0.15) is 0 Å². The van der Waals surface area contributed by atoms with Gasteiger partial charge in [-0.25, -0.2) is 14.8 Å². The number of hydrogen-bond acceptors (Lipinski definition) is 6. The Morgan fingerprint density at radius 3 is 2.66 bits per heavy atom. The number of amides is 2. The van der Waals surface area contributed by atoms with Crippen molar-refractivity contribution in [3.05, 3.63) is 84.0 Å². The van der Waals surface area contributed by atoms with Crippen LogP contribution in [0.25, 0.3) is 17.0 Å². The van der Waals surface area contributed by atoms with Crippen LogP contribution in [0.15, 0.2) is 67.1 Å². The average molecular weight is 469 g/mol. The third-order valence-corrected chi connectivity index (χ3v) is 5.24. The van der Waals surface area contributed by atoms with Crippen LogP contribution < -0.4 is 20.7 Å². The molecule has 2 aromatic heterocycles. The number of pyridine rings is 1. The average Bonchev–Trinajstić information content (AvgIpc) is 2.85. The number of hydrogen-bond donors (Lipinski definition) is 3. The predicted octanol–water partition coefficient (Wildman–Crippen LogP) is 5.51. The quantitative estimate of drug-likeness (QED) is 0.315. The van der Waals surface area contributed by atoms with Gasteiger partial charge in [0.2, 0.25) is 0 Å². The van der Waals surface area contributed by atoms with E-state index < -0.39 is 0 Å². The highest BCUT2D eigenvalue weighted by Crippen LogP contribution is 2.30. The fourth-order valence-electron chi connectivity index (χ4n) is 3.47. The summed E-state index contributed by atoms with van der Waals surface area (Å²) in [6, 6.07) is 15.5. The molecule has 8 heteroatoms. The van der Waals surface area contributed by atoms with Gasteiger partial charge in [0, 0.05) is 29.9 Å². The van der Waals surface area contributed by atoms with Gasteiger partial charge in [0.05, 0.1) is 11.7 Å². The van der Waals surface area contributed by atoms with Gasteiger partial charge in [-0.1, -0.05) is 18.2 Å². The third-order valence-electron chi connectivity index (χ3n) is 5.24. The molecule has 2 heterocycles. The van der Waals surface area contributed by atoms with Crippen molar-refractivity contribution in [2.45, 2.75) is 20.8 Å². The number of fused-ring (bicyclic) bond motifs is 1. The van der Waals surface area contributed by atoms with Crippen LogP contribution in [0.5, 0.6) is 11.5 Å². The maximum Gasteiger partial charge on any atom is 0.315 e. The van der Waals surface area contributed by atoms with Crippen molar-refractivity contribution in [1.29, 1.82) is 0 Å². The Morgan fingerprint density at radius 2 is 1.89 bits per heavy atom. The number of ether oxygens (including phenoxy) is 1. The highest BCUT2D eigenvalue weighted by molar-refractivity contribution is 5.92. The van der Waals surface area contributed by atoms with Crippen molar-refractivity contribution >= 4 is 34.5 Å². The summed E-state index contributed by atoms with van der Waals surface area (Å²) in [4.78, 5) is 24.6. The van der Waals surface area contributed by atoms with Gasteiger partial charge in [-0.3, -0.25) is 4.98 Å². The van der Waals surface area contributed by atoms with Crippen LogP contribution in [0.1, 0.15) is 23.7 Å². The number of carbonyl (C=O) groups excluding carboxylic acids is 1. The Balaban J connectivity index is 1.49. The van der Waals surface area contributed by atoms with Gasteiger partial charge in [0.1, 0.15) is 23.6 Å². The van der Waals surface area contributed by atoms with E-state index in [4.69, 9.17) is 4.74 Å². The van der Waals surface area contributed by atoms with E-state index in [0.717, 1.165) is 39.2 Å². The Labute approximate surface area is 204 Å². The highest BCUT2D eigenvalue weighted by atomic mass is 16.5. The molecule has 0 spiro atoms. The van der Waals surface area contributed by atoms with Crippen LogP contribution in [-0.4, -0.2) is 34.1 Å². The molecule has 0 bridgehead atoms. The summed E-state index contributed by atoms with van der Waals surface area (Å²) >= 11 is 0. The number of rotatable bonds is 8. The second-order valence-corrected chi connectivity index (χ2v) is 7.98. The molecule has 3 N–H and O–H groups in total. The zero-order chi connectivity index (χ0) is 24.6. The third kappa shape index (κ3) is 6.32. The highest BCUT2D eigenvalue weighted by Gasteiger charge is 2.08. The van der Waals surface area contributed by atoms with E-state index in [2.05, 4.69) is 30.9 Å². The molecule has 4 aromatic rings. The maximum atomic E-state index is 11.5. The summed E-state index contributed by atoms with van der Waals surface area (Å²) in [5, 5.41) is 9.78. The van der Waals surface area contributed by atoms with Crippen LogP contribution in [0.3, 0.4) is 0 Å². The van der Waals surface area contributed by atoms with Gasteiger partial charge in [-0.15, -0.1) is 0 Å². The van der Waals surface area contributed by atoms with Crippen molar-refractivity contribution in [3.8, 4) is 11.5 Å². The van der Waals surface area contributed by atoms with E-state index in [1.807, 2.05) is 81.5 Å². The second-order valence-electron chi connectivity index (χ2n) is 7.98. The van der Waals surface area contributed by atoms with Gasteiger partial charge in [0.25, 0.3) is 0 Å². The summed E-state index contributed by atoms with van der Waals surface area (Å²) in [5.41, 5.74) is 4.64. The van der Waals surface area contributed by atoms with Crippen molar-refractivity contribution in [3.63, 3.8) is 0 Å². The molecule has 0 saturated heterocycles. The molecule has 4 rings (SSSR count). The number of aromatic nitrogens is 3. The van der Waals surface area contributed by atoms with Crippen LogP contribution in [-0.2, 0) is 0 Å². The lowest BCUT2D eigenvalue weighted by atomic mass is 10.1. The fraction of sp³-hybridized carbons (Fsp3) is 0.185. The monoisotopic (exact) mass is 468 g/mol. The molecular weight excluding hydrogens is 440 g/mol. The summed E-state index contributed by atoms with van der Waals surface area (Å²) in [5.74, 6) is 2.17. The molecule has 0 aliphatic heterocycles. The minimum atomic E-state index is -0.183. The molecule has 2 amide bonds. The zero-order valence-electron chi connectivity index (χ0n) is 20.0. The largest absolute Gasteiger partial charge is 0.455 e. The normalized spacial score (nSPS) is 10.9. The lowest BCUT2D eigenvalue weighted by Crippen LogP contribution is -2.35. The Bertz CT molecular complexity index is 1350. The minimum Gasteiger partial charge on any atom is -0.455 e. The first-order valence-corrected chi connectivity index (χ1v) is 11.4.